The summed E-state index contributed by atoms with van der Waals surface area (Å²) >= 11 is 1.07. The highest BCUT2D eigenvalue weighted by molar-refractivity contribution is 8.00. The van der Waals surface area contributed by atoms with Crippen LogP contribution in [0.2, 0.25) is 0 Å². The van der Waals surface area contributed by atoms with Crippen LogP contribution in [0.3, 0.4) is 0 Å². The van der Waals surface area contributed by atoms with Crippen LogP contribution in [-0.4, -0.2) is 55.5 Å². The Hall–Kier alpha value is -2.04. The number of carbonyl (C=O) groups excluding carboxylic acids is 1. The lowest BCUT2D eigenvalue weighted by atomic mass is 10.3. The van der Waals surface area contributed by atoms with Gasteiger partial charge in [0.25, 0.3) is 0 Å². The highest BCUT2D eigenvalue weighted by Crippen LogP contribution is 2.23. The van der Waals surface area contributed by atoms with Crippen molar-refractivity contribution in [2.24, 2.45) is 0 Å². The van der Waals surface area contributed by atoms with Crippen LogP contribution >= 0.6 is 11.8 Å². The Bertz CT molecular complexity index is 978. The Labute approximate surface area is 165 Å². The molecule has 3 rings (SSSR count). The van der Waals surface area contributed by atoms with E-state index in [0.29, 0.717) is 4.90 Å². The Kier molecular flexibility index (Phi) is 6.31. The van der Waals surface area contributed by atoms with Crippen LogP contribution in [0.15, 0.2) is 52.3 Å². The number of carbonyl (C=O) groups is 1. The van der Waals surface area contributed by atoms with Gasteiger partial charge in [-0.05, 0) is 30.3 Å². The molecule has 0 aromatic heterocycles. The maximum Gasteiger partial charge on any atom is 0.246 e. The molecule has 0 unspecified atom stereocenters. The Morgan fingerprint density at radius 1 is 0.929 bits per heavy atom. The molecule has 0 aliphatic carbocycles. The summed E-state index contributed by atoms with van der Waals surface area (Å²) in [7, 11) is -3.97. The van der Waals surface area contributed by atoms with Crippen LogP contribution in [0.5, 0.6) is 0 Å². The van der Waals surface area contributed by atoms with Gasteiger partial charge in [0.05, 0.1) is 5.75 Å². The van der Waals surface area contributed by atoms with E-state index in [0.717, 1.165) is 34.3 Å². The van der Waals surface area contributed by atoms with E-state index < -0.39 is 27.5 Å². The zero-order chi connectivity index (χ0) is 20.3. The second kappa shape index (κ2) is 8.54. The van der Waals surface area contributed by atoms with E-state index in [1.54, 1.807) is 0 Å². The molecule has 10 heteroatoms. The first-order valence-electron chi connectivity index (χ1n) is 8.39. The fraction of sp³-hybridized carbons (Fsp3) is 0.278. The summed E-state index contributed by atoms with van der Waals surface area (Å²) in [5.74, 6) is -2.97. The molecule has 1 fully saturated rings. The topological polar surface area (TPSA) is 57.7 Å². The highest BCUT2D eigenvalue weighted by atomic mass is 32.2. The molecule has 0 bridgehead atoms. The monoisotopic (exact) mass is 430 g/mol. The van der Waals surface area contributed by atoms with Crippen LogP contribution in [0.25, 0.3) is 0 Å². The summed E-state index contributed by atoms with van der Waals surface area (Å²) in [6, 6.07) is 8.56. The number of hydrogen-bond donors (Lipinski definition) is 0. The van der Waals surface area contributed by atoms with Gasteiger partial charge in [0.1, 0.15) is 10.7 Å². The number of benzene rings is 2. The van der Waals surface area contributed by atoms with Gasteiger partial charge in [-0.3, -0.25) is 4.79 Å². The van der Waals surface area contributed by atoms with Crippen molar-refractivity contribution in [3.63, 3.8) is 0 Å². The van der Waals surface area contributed by atoms with Crippen LogP contribution in [0.4, 0.5) is 13.2 Å². The van der Waals surface area contributed by atoms with E-state index in [2.05, 4.69) is 0 Å². The summed E-state index contributed by atoms with van der Waals surface area (Å²) in [6.45, 7) is 0.451. The maximum atomic E-state index is 13.8. The standard InChI is InChI=1S/C18H17F3N2O3S2/c19-14-6-5-13(11-16(14)21)27-12-18(24)22-7-9-23(10-8-22)28(25,26)17-4-2-1-3-15(17)20/h1-6,11H,7-10,12H2. The van der Waals surface area contributed by atoms with Crippen molar-refractivity contribution >= 4 is 27.7 Å². The summed E-state index contributed by atoms with van der Waals surface area (Å²) < 4.78 is 66.3. The van der Waals surface area contributed by atoms with Gasteiger partial charge in [-0.15, -0.1) is 11.8 Å². The molecule has 0 radical (unpaired) electrons. The third-order valence-corrected chi connectivity index (χ3v) is 7.21. The molecule has 0 saturated carbocycles. The second-order valence-corrected chi connectivity index (χ2v) is 9.03. The van der Waals surface area contributed by atoms with E-state index in [1.165, 1.54) is 29.2 Å². The lowest BCUT2D eigenvalue weighted by Gasteiger charge is -2.34. The minimum absolute atomic E-state index is 0.0190. The van der Waals surface area contributed by atoms with Gasteiger partial charge in [0.2, 0.25) is 15.9 Å². The molecule has 1 aliphatic rings. The van der Waals surface area contributed by atoms with Crippen LogP contribution in [0, 0.1) is 17.5 Å². The van der Waals surface area contributed by atoms with Crippen LogP contribution < -0.4 is 0 Å². The van der Waals surface area contributed by atoms with Crippen LogP contribution in [0.1, 0.15) is 0 Å². The zero-order valence-corrected chi connectivity index (χ0v) is 16.3. The molecule has 2 aromatic carbocycles. The lowest BCUT2D eigenvalue weighted by Crippen LogP contribution is -2.51. The quantitative estimate of drug-likeness (QED) is 0.685. The molecular formula is C18H17F3N2O3S2. The van der Waals surface area contributed by atoms with Crippen molar-refractivity contribution in [2.45, 2.75) is 9.79 Å². The van der Waals surface area contributed by atoms with Crippen molar-refractivity contribution < 1.29 is 26.4 Å². The van der Waals surface area contributed by atoms with Crippen molar-refractivity contribution in [3.8, 4) is 0 Å². The zero-order valence-electron chi connectivity index (χ0n) is 14.6. The average molecular weight is 430 g/mol. The van der Waals surface area contributed by atoms with Crippen molar-refractivity contribution in [1.82, 2.24) is 9.21 Å². The van der Waals surface area contributed by atoms with Gasteiger partial charge in [-0.2, -0.15) is 4.31 Å². The average Bonchev–Trinajstić information content (AvgIpc) is 2.69. The van der Waals surface area contributed by atoms with Gasteiger partial charge >= 0.3 is 0 Å². The van der Waals surface area contributed by atoms with E-state index in [4.69, 9.17) is 0 Å². The molecule has 1 aliphatic heterocycles. The molecule has 150 valence electrons. The van der Waals surface area contributed by atoms with Crippen LogP contribution in [-0.2, 0) is 14.8 Å². The normalized spacial score (nSPS) is 15.6. The number of hydrogen-bond acceptors (Lipinski definition) is 4. The summed E-state index contributed by atoms with van der Waals surface area (Å²) in [5, 5.41) is 0. The molecule has 2 aromatic rings. The number of amides is 1. The molecule has 28 heavy (non-hydrogen) atoms. The highest BCUT2D eigenvalue weighted by Gasteiger charge is 2.31. The first-order chi connectivity index (χ1) is 13.3. The number of piperazine rings is 1. The van der Waals surface area contributed by atoms with Gasteiger partial charge in [-0.25, -0.2) is 21.6 Å². The molecular weight excluding hydrogens is 413 g/mol. The number of sulfonamides is 1. The van der Waals surface area contributed by atoms with Gasteiger partial charge in [0, 0.05) is 31.1 Å². The van der Waals surface area contributed by atoms with Crippen molar-refractivity contribution in [3.05, 3.63) is 59.9 Å². The SMILES string of the molecule is O=C(CSc1ccc(F)c(F)c1)N1CCN(S(=O)(=O)c2ccccc2F)CC1. The fourth-order valence-electron chi connectivity index (χ4n) is 2.77. The van der Waals surface area contributed by atoms with E-state index in [1.807, 2.05) is 0 Å². The number of halogens is 3. The lowest BCUT2D eigenvalue weighted by molar-refractivity contribution is -0.129. The van der Waals surface area contributed by atoms with E-state index in [9.17, 15) is 26.4 Å². The second-order valence-electron chi connectivity index (χ2n) is 6.08. The smallest absolute Gasteiger partial charge is 0.246 e. The summed E-state index contributed by atoms with van der Waals surface area (Å²) in [4.78, 5) is 13.9. The number of thioether (sulfide) groups is 1. The molecule has 5 nitrogen and oxygen atoms in total. The minimum Gasteiger partial charge on any atom is -0.339 e. The minimum atomic E-state index is -3.97. The predicted octanol–water partition coefficient (Wildman–Crippen LogP) is 2.73. The maximum absolute atomic E-state index is 13.8. The van der Waals surface area contributed by atoms with Gasteiger partial charge in [0.15, 0.2) is 11.6 Å². The van der Waals surface area contributed by atoms with Crippen molar-refractivity contribution in [1.29, 1.82) is 0 Å². The van der Waals surface area contributed by atoms with E-state index >= 15 is 0 Å². The Morgan fingerprint density at radius 3 is 2.25 bits per heavy atom. The van der Waals surface area contributed by atoms with E-state index in [-0.39, 0.29) is 42.7 Å². The van der Waals surface area contributed by atoms with Gasteiger partial charge in [-0.1, -0.05) is 12.1 Å². The molecule has 0 N–H and O–H groups in total. The first-order valence-corrected chi connectivity index (χ1v) is 10.8. The third-order valence-electron chi connectivity index (χ3n) is 4.30. The molecule has 1 saturated heterocycles. The summed E-state index contributed by atoms with van der Waals surface area (Å²) in [6.07, 6.45) is 0. The largest absolute Gasteiger partial charge is 0.339 e. The molecule has 0 atom stereocenters. The number of nitrogens with zero attached hydrogens (tertiary/aromatic N) is 2. The summed E-state index contributed by atoms with van der Waals surface area (Å²) in [5.41, 5.74) is 0. The number of rotatable bonds is 5. The third kappa shape index (κ3) is 4.50. The predicted molar refractivity (Wildman–Crippen MR) is 98.8 cm³/mol. The fourth-order valence-corrected chi connectivity index (χ4v) is 5.08. The molecule has 1 heterocycles. The van der Waals surface area contributed by atoms with Gasteiger partial charge < -0.3 is 4.90 Å². The Morgan fingerprint density at radius 2 is 1.61 bits per heavy atom. The molecule has 1 amide bonds. The molecule has 0 spiro atoms. The Balaban J connectivity index is 1.56. The first kappa shape index (κ1) is 20.7. The van der Waals surface area contributed by atoms with Crippen molar-refractivity contribution in [2.75, 3.05) is 31.9 Å².